The first-order valence-electron chi connectivity index (χ1n) is 9.36. The van der Waals surface area contributed by atoms with E-state index in [1.807, 2.05) is 4.90 Å². The molecule has 3 heterocycles. The van der Waals surface area contributed by atoms with E-state index in [0.717, 1.165) is 12.1 Å². The monoisotopic (exact) mass is 416 g/mol. The Bertz CT molecular complexity index is 1010. The molecule has 0 unspecified atom stereocenters. The number of aliphatic hydroxyl groups excluding tert-OH is 2. The van der Waals surface area contributed by atoms with Crippen LogP contribution in [0.1, 0.15) is 5.56 Å². The summed E-state index contributed by atoms with van der Waals surface area (Å²) in [6, 6.07) is 9.98. The molecule has 0 spiro atoms. The van der Waals surface area contributed by atoms with E-state index in [1.165, 1.54) is 12.1 Å². The molecule has 1 saturated heterocycles. The van der Waals surface area contributed by atoms with Gasteiger partial charge in [-0.2, -0.15) is 13.2 Å². The van der Waals surface area contributed by atoms with Crippen molar-refractivity contribution in [1.82, 2.24) is 15.0 Å². The van der Waals surface area contributed by atoms with Crippen molar-refractivity contribution >= 4 is 5.82 Å². The zero-order chi connectivity index (χ0) is 21.3. The highest BCUT2D eigenvalue weighted by atomic mass is 19.4. The third kappa shape index (κ3) is 4.12. The van der Waals surface area contributed by atoms with Crippen LogP contribution in [-0.4, -0.2) is 51.0 Å². The molecule has 2 N–H and O–H groups in total. The van der Waals surface area contributed by atoms with Crippen LogP contribution in [0, 0.1) is 5.92 Å². The highest BCUT2D eigenvalue weighted by molar-refractivity contribution is 5.68. The number of anilines is 1. The third-order valence-electron chi connectivity index (χ3n) is 5.11. The van der Waals surface area contributed by atoms with E-state index < -0.39 is 17.8 Å². The number of rotatable bonds is 4. The first-order valence-corrected chi connectivity index (χ1v) is 9.36. The number of alkyl halides is 3. The summed E-state index contributed by atoms with van der Waals surface area (Å²) in [4.78, 5) is 15.0. The van der Waals surface area contributed by atoms with E-state index >= 15 is 0 Å². The lowest BCUT2D eigenvalue weighted by atomic mass is 10.1. The van der Waals surface area contributed by atoms with Crippen LogP contribution in [0.25, 0.3) is 22.6 Å². The summed E-state index contributed by atoms with van der Waals surface area (Å²) in [5, 5.41) is 19.6. The molecular formula is C21H19F3N4O2. The van der Waals surface area contributed by atoms with Crippen LogP contribution < -0.4 is 4.90 Å². The lowest BCUT2D eigenvalue weighted by molar-refractivity contribution is -0.137. The Labute approximate surface area is 170 Å². The fraction of sp³-hybridized carbons (Fsp3) is 0.286. The average Bonchev–Trinajstić information content (AvgIpc) is 3.14. The fourth-order valence-electron chi connectivity index (χ4n) is 3.42. The molecule has 3 aromatic rings. The van der Waals surface area contributed by atoms with Gasteiger partial charge in [-0.3, -0.25) is 4.98 Å². The molecule has 2 atom stereocenters. The van der Waals surface area contributed by atoms with Crippen LogP contribution in [0.15, 0.2) is 54.9 Å². The molecule has 2 aromatic heterocycles. The van der Waals surface area contributed by atoms with Crippen LogP contribution in [0.4, 0.5) is 19.0 Å². The summed E-state index contributed by atoms with van der Waals surface area (Å²) in [6.07, 6.45) is -1.89. The highest BCUT2D eigenvalue weighted by Gasteiger charge is 2.32. The number of benzene rings is 1. The Hall–Kier alpha value is -3.04. The fourth-order valence-corrected chi connectivity index (χ4v) is 3.42. The van der Waals surface area contributed by atoms with Gasteiger partial charge in [-0.05, 0) is 24.3 Å². The van der Waals surface area contributed by atoms with E-state index in [-0.39, 0.29) is 12.5 Å². The third-order valence-corrected chi connectivity index (χ3v) is 5.11. The Kier molecular flexibility index (Phi) is 5.40. The number of halogens is 3. The van der Waals surface area contributed by atoms with Gasteiger partial charge in [0.1, 0.15) is 5.82 Å². The second-order valence-electron chi connectivity index (χ2n) is 7.17. The number of nitrogens with zero attached hydrogens (tertiary/aromatic N) is 4. The zero-order valence-corrected chi connectivity index (χ0v) is 15.8. The van der Waals surface area contributed by atoms with Crippen molar-refractivity contribution in [3.63, 3.8) is 0 Å². The van der Waals surface area contributed by atoms with Crippen LogP contribution in [0.5, 0.6) is 0 Å². The maximum atomic E-state index is 12.9. The molecule has 1 aromatic carbocycles. The smallest absolute Gasteiger partial charge is 0.396 e. The molecule has 9 heteroatoms. The first kappa shape index (κ1) is 20.2. The predicted octanol–water partition coefficient (Wildman–Crippen LogP) is 3.01. The van der Waals surface area contributed by atoms with E-state index in [2.05, 4.69) is 15.0 Å². The second-order valence-corrected chi connectivity index (χ2v) is 7.17. The largest absolute Gasteiger partial charge is 0.416 e. The van der Waals surface area contributed by atoms with Crippen molar-refractivity contribution in [1.29, 1.82) is 0 Å². The van der Waals surface area contributed by atoms with Gasteiger partial charge in [-0.25, -0.2) is 9.97 Å². The van der Waals surface area contributed by atoms with Crippen molar-refractivity contribution in [3.8, 4) is 22.6 Å². The minimum Gasteiger partial charge on any atom is -0.396 e. The molecule has 6 nitrogen and oxygen atoms in total. The van der Waals surface area contributed by atoms with Gasteiger partial charge in [0.15, 0.2) is 5.82 Å². The Morgan fingerprint density at radius 2 is 1.80 bits per heavy atom. The normalized spacial score (nSPS) is 19.3. The maximum Gasteiger partial charge on any atom is 0.416 e. The van der Waals surface area contributed by atoms with Crippen molar-refractivity contribution in [3.05, 3.63) is 60.4 Å². The SMILES string of the molecule is OC[C@@H]1CN(c2cc(-c3ccc(C(F)(F)F)cc3)nc(-c3cccnc3)n2)C[C@H]1O. The molecule has 1 aliphatic heterocycles. The number of aliphatic hydroxyl groups is 2. The molecule has 4 rings (SSSR count). The van der Waals surface area contributed by atoms with Gasteiger partial charge >= 0.3 is 6.18 Å². The minimum absolute atomic E-state index is 0.149. The Morgan fingerprint density at radius 3 is 2.40 bits per heavy atom. The lowest BCUT2D eigenvalue weighted by Gasteiger charge is -2.19. The molecule has 0 amide bonds. The van der Waals surface area contributed by atoms with Gasteiger partial charge in [-0.1, -0.05) is 12.1 Å². The molecule has 0 aliphatic carbocycles. The molecule has 156 valence electrons. The molecular weight excluding hydrogens is 397 g/mol. The number of hydrogen-bond donors (Lipinski definition) is 2. The number of hydrogen-bond acceptors (Lipinski definition) is 6. The molecule has 0 bridgehead atoms. The molecule has 0 radical (unpaired) electrons. The molecule has 0 saturated carbocycles. The van der Waals surface area contributed by atoms with Crippen LogP contribution >= 0.6 is 0 Å². The minimum atomic E-state index is -4.42. The standard InChI is InChI=1S/C21H19F3N4O2/c22-21(23,24)16-5-3-13(4-6-16)17-8-19(28-10-15(12-29)18(30)11-28)27-20(26-17)14-2-1-7-25-9-14/h1-9,15,18,29-30H,10-12H2/t15-,18+/m0/s1. The van der Waals surface area contributed by atoms with Crippen molar-refractivity contribution in [2.24, 2.45) is 5.92 Å². The van der Waals surface area contributed by atoms with E-state index in [9.17, 15) is 23.4 Å². The van der Waals surface area contributed by atoms with E-state index in [1.54, 1.807) is 30.6 Å². The average molecular weight is 416 g/mol. The summed E-state index contributed by atoms with van der Waals surface area (Å²) >= 11 is 0. The summed E-state index contributed by atoms with van der Waals surface area (Å²) < 4.78 is 38.7. The lowest BCUT2D eigenvalue weighted by Crippen LogP contribution is -2.22. The van der Waals surface area contributed by atoms with E-state index in [0.29, 0.717) is 41.6 Å². The maximum absolute atomic E-state index is 12.9. The molecule has 1 fully saturated rings. The summed E-state index contributed by atoms with van der Waals surface area (Å²) in [5.41, 5.74) is 0.886. The van der Waals surface area contributed by atoms with E-state index in [4.69, 9.17) is 0 Å². The van der Waals surface area contributed by atoms with Gasteiger partial charge in [0, 0.05) is 48.6 Å². The predicted molar refractivity (Wildman–Crippen MR) is 104 cm³/mol. The first-order chi connectivity index (χ1) is 14.3. The quantitative estimate of drug-likeness (QED) is 0.681. The van der Waals surface area contributed by atoms with Crippen molar-refractivity contribution in [2.45, 2.75) is 12.3 Å². The summed E-state index contributed by atoms with van der Waals surface area (Å²) in [5.74, 6) is 0.600. The Balaban J connectivity index is 1.76. The van der Waals surface area contributed by atoms with Crippen molar-refractivity contribution in [2.75, 3.05) is 24.6 Å². The van der Waals surface area contributed by atoms with Crippen molar-refractivity contribution < 1.29 is 23.4 Å². The summed E-state index contributed by atoms with van der Waals surface area (Å²) in [6.45, 7) is 0.554. The molecule has 30 heavy (non-hydrogen) atoms. The Morgan fingerprint density at radius 1 is 1.03 bits per heavy atom. The van der Waals surface area contributed by atoms with Gasteiger partial charge in [0.05, 0.1) is 24.0 Å². The number of aromatic nitrogens is 3. The number of β-amino-alcohol motifs (C(OH)–C–C–N with tert-alkyl or cyclic N) is 1. The summed E-state index contributed by atoms with van der Waals surface area (Å²) in [7, 11) is 0. The second kappa shape index (κ2) is 8.00. The van der Waals surface area contributed by atoms with Gasteiger partial charge in [-0.15, -0.1) is 0 Å². The zero-order valence-electron chi connectivity index (χ0n) is 15.8. The van der Waals surface area contributed by atoms with Crippen LogP contribution in [0.2, 0.25) is 0 Å². The van der Waals surface area contributed by atoms with Crippen LogP contribution in [-0.2, 0) is 6.18 Å². The van der Waals surface area contributed by atoms with Gasteiger partial charge in [0.25, 0.3) is 0 Å². The topological polar surface area (TPSA) is 82.4 Å². The molecule has 1 aliphatic rings. The van der Waals surface area contributed by atoms with Gasteiger partial charge < -0.3 is 15.1 Å². The number of pyridine rings is 1. The van der Waals surface area contributed by atoms with Crippen LogP contribution in [0.3, 0.4) is 0 Å². The van der Waals surface area contributed by atoms with Gasteiger partial charge in [0.2, 0.25) is 0 Å². The highest BCUT2D eigenvalue weighted by Crippen LogP contribution is 2.32.